The van der Waals surface area contributed by atoms with E-state index in [4.69, 9.17) is 9.52 Å². The van der Waals surface area contributed by atoms with Crippen molar-refractivity contribution in [2.75, 3.05) is 0 Å². The lowest BCUT2D eigenvalue weighted by Crippen LogP contribution is -2.26. The van der Waals surface area contributed by atoms with Gasteiger partial charge in [-0.3, -0.25) is 4.57 Å². The van der Waals surface area contributed by atoms with Gasteiger partial charge in [-0.1, -0.05) is 0 Å². The van der Waals surface area contributed by atoms with Crippen molar-refractivity contribution in [2.45, 2.75) is 20.4 Å². The molecule has 0 aliphatic rings. The van der Waals surface area contributed by atoms with Crippen molar-refractivity contribution in [3.05, 3.63) is 51.6 Å². The molecule has 1 N–H and O–H groups in total. The molecule has 94 valence electrons. The van der Waals surface area contributed by atoms with Gasteiger partial charge in [0.2, 0.25) is 5.76 Å². The summed E-state index contributed by atoms with van der Waals surface area (Å²) in [5, 5.41) is 8.92. The monoisotopic (exact) mass is 248 g/mol. The maximum absolute atomic E-state index is 11.7. The van der Waals surface area contributed by atoms with Gasteiger partial charge in [-0.2, -0.15) is 4.98 Å². The number of aromatic carboxylic acids is 1. The standard InChI is InChI=1S/C12H12N2O4/c1-7-5-8(2)14(12(17)13-7)6-9-3-4-18-10(9)11(15)16/h3-5H,6H2,1-2H3,(H,15,16). The van der Waals surface area contributed by atoms with E-state index < -0.39 is 11.7 Å². The van der Waals surface area contributed by atoms with E-state index in [1.54, 1.807) is 19.9 Å². The molecule has 18 heavy (non-hydrogen) atoms. The van der Waals surface area contributed by atoms with Crippen LogP contribution in [0.4, 0.5) is 0 Å². The van der Waals surface area contributed by atoms with Gasteiger partial charge in [-0.05, 0) is 26.0 Å². The highest BCUT2D eigenvalue weighted by Crippen LogP contribution is 2.12. The Morgan fingerprint density at radius 3 is 2.83 bits per heavy atom. The Morgan fingerprint density at radius 2 is 2.22 bits per heavy atom. The molecule has 0 saturated heterocycles. The van der Waals surface area contributed by atoms with Crippen LogP contribution in [0.1, 0.15) is 27.5 Å². The van der Waals surface area contributed by atoms with Crippen LogP contribution >= 0.6 is 0 Å². The average molecular weight is 248 g/mol. The van der Waals surface area contributed by atoms with Crippen LogP contribution < -0.4 is 5.69 Å². The third-order valence-corrected chi connectivity index (χ3v) is 2.62. The number of carbonyl (C=O) groups is 1. The molecule has 0 amide bonds. The van der Waals surface area contributed by atoms with Crippen molar-refractivity contribution in [2.24, 2.45) is 0 Å². The van der Waals surface area contributed by atoms with E-state index in [-0.39, 0.29) is 12.3 Å². The van der Waals surface area contributed by atoms with Gasteiger partial charge in [0.15, 0.2) is 0 Å². The first-order valence-corrected chi connectivity index (χ1v) is 5.34. The number of nitrogens with zero attached hydrogens (tertiary/aromatic N) is 2. The molecule has 0 aromatic carbocycles. The number of carboxylic acid groups (broad SMARTS) is 1. The molecule has 0 fully saturated rings. The number of aryl methyl sites for hydroxylation is 2. The number of hydrogen-bond acceptors (Lipinski definition) is 4. The van der Waals surface area contributed by atoms with Crippen LogP contribution in [-0.2, 0) is 6.54 Å². The van der Waals surface area contributed by atoms with Crippen molar-refractivity contribution in [3.63, 3.8) is 0 Å². The van der Waals surface area contributed by atoms with Crippen LogP contribution in [0, 0.1) is 13.8 Å². The molecule has 6 heteroatoms. The van der Waals surface area contributed by atoms with E-state index in [0.29, 0.717) is 11.3 Å². The molecule has 0 aliphatic heterocycles. The van der Waals surface area contributed by atoms with Gasteiger partial charge in [0.1, 0.15) is 0 Å². The van der Waals surface area contributed by atoms with Crippen molar-refractivity contribution < 1.29 is 14.3 Å². The topological polar surface area (TPSA) is 85.3 Å². The molecule has 2 rings (SSSR count). The predicted octanol–water partition coefficient (Wildman–Crippen LogP) is 1.20. The van der Waals surface area contributed by atoms with E-state index >= 15 is 0 Å². The van der Waals surface area contributed by atoms with Gasteiger partial charge in [-0.15, -0.1) is 0 Å². The highest BCUT2D eigenvalue weighted by molar-refractivity contribution is 5.86. The van der Waals surface area contributed by atoms with Crippen LogP contribution in [0.25, 0.3) is 0 Å². The minimum atomic E-state index is -1.15. The fourth-order valence-electron chi connectivity index (χ4n) is 1.79. The zero-order chi connectivity index (χ0) is 13.3. The molecule has 0 aliphatic carbocycles. The normalized spacial score (nSPS) is 10.6. The summed E-state index contributed by atoms with van der Waals surface area (Å²) in [6.45, 7) is 3.64. The minimum absolute atomic E-state index is 0.135. The number of hydrogen-bond donors (Lipinski definition) is 1. The lowest BCUT2D eigenvalue weighted by Gasteiger charge is -2.08. The maximum Gasteiger partial charge on any atom is 0.372 e. The summed E-state index contributed by atoms with van der Waals surface area (Å²) in [4.78, 5) is 26.5. The molecule has 0 saturated carbocycles. The minimum Gasteiger partial charge on any atom is -0.475 e. The summed E-state index contributed by atoms with van der Waals surface area (Å²) >= 11 is 0. The number of aromatic nitrogens is 2. The Morgan fingerprint density at radius 1 is 1.50 bits per heavy atom. The van der Waals surface area contributed by atoms with E-state index in [2.05, 4.69) is 4.98 Å². The van der Waals surface area contributed by atoms with Crippen LogP contribution in [0.2, 0.25) is 0 Å². The van der Waals surface area contributed by atoms with Crippen molar-refractivity contribution >= 4 is 5.97 Å². The molecular weight excluding hydrogens is 236 g/mol. The highest BCUT2D eigenvalue weighted by atomic mass is 16.4. The van der Waals surface area contributed by atoms with Gasteiger partial charge in [0, 0.05) is 17.0 Å². The van der Waals surface area contributed by atoms with Crippen molar-refractivity contribution in [1.29, 1.82) is 0 Å². The van der Waals surface area contributed by atoms with Gasteiger partial charge < -0.3 is 9.52 Å². The summed E-state index contributed by atoms with van der Waals surface area (Å²) < 4.78 is 6.27. The Labute approximate surface area is 103 Å². The Hall–Kier alpha value is -2.37. The molecule has 0 atom stereocenters. The lowest BCUT2D eigenvalue weighted by atomic mass is 10.2. The summed E-state index contributed by atoms with van der Waals surface area (Å²) in [7, 11) is 0. The highest BCUT2D eigenvalue weighted by Gasteiger charge is 2.15. The lowest BCUT2D eigenvalue weighted by molar-refractivity contribution is 0.0660. The fourth-order valence-corrected chi connectivity index (χ4v) is 1.79. The average Bonchev–Trinajstić information content (AvgIpc) is 2.71. The van der Waals surface area contributed by atoms with Gasteiger partial charge in [0.05, 0.1) is 12.8 Å². The van der Waals surface area contributed by atoms with Gasteiger partial charge in [-0.25, -0.2) is 9.59 Å². The predicted molar refractivity (Wildman–Crippen MR) is 62.7 cm³/mol. The number of carboxylic acids is 1. The second-order valence-corrected chi connectivity index (χ2v) is 3.99. The molecule has 0 unspecified atom stereocenters. The first-order chi connectivity index (χ1) is 8.49. The number of furan rings is 1. The molecule has 2 aromatic heterocycles. The van der Waals surface area contributed by atoms with E-state index in [1.165, 1.54) is 16.9 Å². The zero-order valence-corrected chi connectivity index (χ0v) is 10.0. The van der Waals surface area contributed by atoms with E-state index in [9.17, 15) is 9.59 Å². The molecule has 2 aromatic rings. The number of rotatable bonds is 3. The van der Waals surface area contributed by atoms with Crippen LogP contribution in [-0.4, -0.2) is 20.6 Å². The molecule has 6 nitrogen and oxygen atoms in total. The molecule has 0 bridgehead atoms. The summed E-state index contributed by atoms with van der Waals surface area (Å²) in [6, 6.07) is 3.30. The van der Waals surface area contributed by atoms with Crippen LogP contribution in [0.15, 0.2) is 27.6 Å². The van der Waals surface area contributed by atoms with E-state index in [0.717, 1.165) is 5.69 Å². The first-order valence-electron chi connectivity index (χ1n) is 5.34. The molecule has 0 radical (unpaired) electrons. The molecule has 2 heterocycles. The van der Waals surface area contributed by atoms with Gasteiger partial charge in [0.25, 0.3) is 0 Å². The second kappa shape index (κ2) is 4.48. The summed E-state index contributed by atoms with van der Waals surface area (Å²) in [6.07, 6.45) is 1.29. The van der Waals surface area contributed by atoms with Crippen molar-refractivity contribution in [3.8, 4) is 0 Å². The van der Waals surface area contributed by atoms with Crippen molar-refractivity contribution in [1.82, 2.24) is 9.55 Å². The summed E-state index contributed by atoms with van der Waals surface area (Å²) in [5.74, 6) is -1.30. The molecular formula is C12H12N2O4. The third kappa shape index (κ3) is 2.17. The second-order valence-electron chi connectivity index (χ2n) is 3.99. The summed E-state index contributed by atoms with van der Waals surface area (Å²) in [5.41, 5.74) is 1.41. The van der Waals surface area contributed by atoms with E-state index in [1.807, 2.05) is 0 Å². The Kier molecular flexibility index (Phi) is 3.01. The zero-order valence-electron chi connectivity index (χ0n) is 10.0. The Bertz CT molecular complexity index is 654. The fraction of sp³-hybridized carbons (Fsp3) is 0.250. The smallest absolute Gasteiger partial charge is 0.372 e. The largest absolute Gasteiger partial charge is 0.475 e. The third-order valence-electron chi connectivity index (χ3n) is 2.62. The van der Waals surface area contributed by atoms with Gasteiger partial charge >= 0.3 is 11.7 Å². The first kappa shape index (κ1) is 12.1. The Balaban J connectivity index is 2.44. The maximum atomic E-state index is 11.7. The molecule has 0 spiro atoms. The quantitative estimate of drug-likeness (QED) is 0.882. The van der Waals surface area contributed by atoms with Crippen LogP contribution in [0.3, 0.4) is 0 Å². The SMILES string of the molecule is Cc1cc(C)n(Cc2ccoc2C(=O)O)c(=O)n1. The van der Waals surface area contributed by atoms with Crippen LogP contribution in [0.5, 0.6) is 0 Å².